The van der Waals surface area contributed by atoms with Gasteiger partial charge in [0.05, 0.1) is 25.6 Å². The lowest BCUT2D eigenvalue weighted by molar-refractivity contribution is -0.903. The summed E-state index contributed by atoms with van der Waals surface area (Å²) in [5.74, 6) is 0.0148. The Morgan fingerprint density at radius 3 is 2.77 bits per heavy atom. The molecule has 4 fully saturated rings. The van der Waals surface area contributed by atoms with Gasteiger partial charge in [0.1, 0.15) is 0 Å². The second kappa shape index (κ2) is 6.95. The van der Waals surface area contributed by atoms with E-state index in [0.29, 0.717) is 19.6 Å². The van der Waals surface area contributed by atoms with Gasteiger partial charge in [0.25, 0.3) is 0 Å². The first-order chi connectivity index (χ1) is 12.5. The van der Waals surface area contributed by atoms with Crippen LogP contribution in [0.5, 0.6) is 0 Å². The zero-order valence-electron chi connectivity index (χ0n) is 15.8. The van der Waals surface area contributed by atoms with Gasteiger partial charge in [-0.1, -0.05) is 37.3 Å². The molecule has 142 valence electrons. The van der Waals surface area contributed by atoms with Crippen LogP contribution in [0, 0.1) is 16.5 Å². The fourth-order valence-electron chi connectivity index (χ4n) is 5.03. The summed E-state index contributed by atoms with van der Waals surface area (Å²) in [4.78, 5) is 15.3. The summed E-state index contributed by atoms with van der Waals surface area (Å²) in [5.41, 5.74) is 1.39. The van der Waals surface area contributed by atoms with Crippen LogP contribution in [0.15, 0.2) is 30.3 Å². The number of quaternary nitrogens is 1. The Labute approximate surface area is 156 Å². The molecule has 0 aliphatic carbocycles. The molecule has 4 heterocycles. The summed E-state index contributed by atoms with van der Waals surface area (Å²) in [6.07, 6.45) is 3.85. The lowest BCUT2D eigenvalue weighted by Crippen LogP contribution is -2.65. The van der Waals surface area contributed by atoms with Crippen molar-refractivity contribution in [1.29, 1.82) is 0 Å². The molecule has 1 unspecified atom stereocenters. The average molecular weight is 357 g/mol. The first kappa shape index (κ1) is 18.0. The molecule has 4 saturated heterocycles. The number of piperidine rings is 3. The minimum Gasteiger partial charge on any atom is -0.633 e. The fraction of sp³-hybridized carbons (Fsp3) is 0.667. The Morgan fingerprint density at radius 2 is 2.04 bits per heavy atom. The Hall–Kier alpha value is -1.43. The van der Waals surface area contributed by atoms with Crippen LogP contribution in [0.2, 0.25) is 0 Å². The maximum Gasteiger partial charge on any atom is 0.229 e. The summed E-state index contributed by atoms with van der Waals surface area (Å²) >= 11 is 0. The van der Waals surface area contributed by atoms with Crippen LogP contribution in [0.25, 0.3) is 0 Å². The third-order valence-electron chi connectivity index (χ3n) is 7.03. The molecular weight excluding hydrogens is 326 g/mol. The van der Waals surface area contributed by atoms with Crippen molar-refractivity contribution in [2.45, 2.75) is 38.6 Å². The molecule has 1 aromatic carbocycles. The van der Waals surface area contributed by atoms with Crippen LogP contribution >= 0.6 is 0 Å². The number of likely N-dealkylation sites (tertiary alicyclic amines) is 1. The number of nitrogens with one attached hydrogen (secondary N) is 1. The molecule has 4 aliphatic heterocycles. The zero-order valence-corrected chi connectivity index (χ0v) is 15.8. The van der Waals surface area contributed by atoms with Crippen molar-refractivity contribution in [2.24, 2.45) is 11.3 Å². The zero-order chi connectivity index (χ0) is 18.2. The van der Waals surface area contributed by atoms with Gasteiger partial charge < -0.3 is 20.1 Å². The highest BCUT2D eigenvalue weighted by molar-refractivity contribution is 5.80. The number of amides is 1. The highest BCUT2D eigenvalue weighted by Gasteiger charge is 2.52. The predicted molar refractivity (Wildman–Crippen MR) is 102 cm³/mol. The number of carbonyl (C=O) groups is 1. The van der Waals surface area contributed by atoms with Gasteiger partial charge in [0.15, 0.2) is 0 Å². The van der Waals surface area contributed by atoms with E-state index in [1.54, 1.807) is 0 Å². The minimum absolute atomic E-state index is 0.0279. The number of carbonyl (C=O) groups excluding carboxylic acids is 1. The molecule has 0 saturated carbocycles. The minimum atomic E-state index is -0.151. The number of hydroxylamine groups is 3. The Balaban J connectivity index is 1.28. The monoisotopic (exact) mass is 357 g/mol. The van der Waals surface area contributed by atoms with E-state index in [1.807, 2.05) is 6.07 Å². The van der Waals surface area contributed by atoms with E-state index >= 15 is 0 Å². The summed E-state index contributed by atoms with van der Waals surface area (Å²) in [7, 11) is 0. The van der Waals surface area contributed by atoms with Crippen molar-refractivity contribution < 1.29 is 9.44 Å². The number of fused-ring (bicyclic) bond motifs is 3. The van der Waals surface area contributed by atoms with Gasteiger partial charge >= 0.3 is 0 Å². The molecule has 5 heteroatoms. The van der Waals surface area contributed by atoms with Gasteiger partial charge in [0.2, 0.25) is 5.91 Å². The van der Waals surface area contributed by atoms with E-state index in [-0.39, 0.29) is 27.9 Å². The van der Waals surface area contributed by atoms with Crippen LogP contribution in [-0.4, -0.2) is 60.8 Å². The molecule has 5 nitrogen and oxygen atoms in total. The van der Waals surface area contributed by atoms with Gasteiger partial charge in [0, 0.05) is 38.5 Å². The van der Waals surface area contributed by atoms with Gasteiger partial charge in [-0.25, -0.2) is 0 Å². The molecule has 0 spiro atoms. The molecule has 0 radical (unpaired) electrons. The standard InChI is InChI=1S/C21H31N3O2/c1-21-9-13-24(26,14-10-21)16-19(21)20(25)22-18-8-12-23(15-18)11-7-17-5-3-2-4-6-17/h2-6,18-19H,7-16H2,1H3,(H,22,25)/t18-,19?,21?,24?/m0/s1. The Morgan fingerprint density at radius 1 is 1.31 bits per heavy atom. The summed E-state index contributed by atoms with van der Waals surface area (Å²) in [5, 5.41) is 15.9. The van der Waals surface area contributed by atoms with Crippen molar-refractivity contribution in [2.75, 3.05) is 39.3 Å². The summed E-state index contributed by atoms with van der Waals surface area (Å²) in [6, 6.07) is 10.8. The van der Waals surface area contributed by atoms with Crippen molar-refractivity contribution >= 4 is 5.91 Å². The lowest BCUT2D eigenvalue weighted by atomic mass is 9.65. The van der Waals surface area contributed by atoms with E-state index in [0.717, 1.165) is 45.3 Å². The quantitative estimate of drug-likeness (QED) is 0.649. The highest BCUT2D eigenvalue weighted by atomic mass is 16.5. The van der Waals surface area contributed by atoms with Crippen LogP contribution in [0.1, 0.15) is 31.7 Å². The third-order valence-corrected chi connectivity index (χ3v) is 7.03. The summed E-state index contributed by atoms with van der Waals surface area (Å²) < 4.78 is -0.151. The molecule has 2 atom stereocenters. The molecule has 0 aromatic heterocycles. The van der Waals surface area contributed by atoms with Gasteiger partial charge in [-0.2, -0.15) is 0 Å². The largest absolute Gasteiger partial charge is 0.633 e. The van der Waals surface area contributed by atoms with Gasteiger partial charge in [-0.15, -0.1) is 0 Å². The SMILES string of the molecule is CC12CC[N+]([O-])(CC1)CC2C(=O)N[C@H]1CCN(CCc2ccccc2)C1. The Kier molecular flexibility index (Phi) is 4.80. The third kappa shape index (κ3) is 3.66. The topological polar surface area (TPSA) is 55.4 Å². The second-order valence-electron chi connectivity index (χ2n) is 8.92. The van der Waals surface area contributed by atoms with Gasteiger partial charge in [-0.05, 0) is 23.8 Å². The molecular formula is C21H31N3O2. The molecule has 2 bridgehead atoms. The van der Waals surface area contributed by atoms with E-state index in [4.69, 9.17) is 0 Å². The predicted octanol–water partition coefficient (Wildman–Crippen LogP) is 2.16. The van der Waals surface area contributed by atoms with Crippen LogP contribution < -0.4 is 5.32 Å². The number of hydrogen-bond acceptors (Lipinski definition) is 3. The van der Waals surface area contributed by atoms with E-state index < -0.39 is 0 Å². The van der Waals surface area contributed by atoms with Crippen molar-refractivity contribution in [3.8, 4) is 0 Å². The van der Waals surface area contributed by atoms with E-state index in [9.17, 15) is 10.0 Å². The molecule has 26 heavy (non-hydrogen) atoms. The lowest BCUT2D eigenvalue weighted by Gasteiger charge is -2.59. The van der Waals surface area contributed by atoms with Crippen molar-refractivity contribution in [3.05, 3.63) is 41.1 Å². The fourth-order valence-corrected chi connectivity index (χ4v) is 5.03. The van der Waals surface area contributed by atoms with E-state index in [1.165, 1.54) is 5.56 Å². The highest BCUT2D eigenvalue weighted by Crippen LogP contribution is 2.47. The first-order valence-corrected chi connectivity index (χ1v) is 10.1. The summed E-state index contributed by atoms with van der Waals surface area (Å²) in [6.45, 7) is 7.08. The number of rotatable bonds is 5. The Bertz CT molecular complexity index is 640. The van der Waals surface area contributed by atoms with Crippen molar-refractivity contribution in [3.63, 3.8) is 0 Å². The van der Waals surface area contributed by atoms with Crippen LogP contribution in [-0.2, 0) is 11.2 Å². The molecule has 4 aliphatic rings. The smallest absolute Gasteiger partial charge is 0.229 e. The van der Waals surface area contributed by atoms with Crippen molar-refractivity contribution in [1.82, 2.24) is 10.2 Å². The number of benzene rings is 1. The first-order valence-electron chi connectivity index (χ1n) is 10.1. The molecule has 5 rings (SSSR count). The van der Waals surface area contributed by atoms with Crippen LogP contribution in [0.3, 0.4) is 0 Å². The molecule has 1 aromatic rings. The number of hydrogen-bond donors (Lipinski definition) is 1. The number of nitrogens with zero attached hydrogens (tertiary/aromatic N) is 2. The van der Waals surface area contributed by atoms with E-state index in [2.05, 4.69) is 41.4 Å². The normalized spacial score (nSPS) is 37.0. The molecule has 1 N–H and O–H groups in total. The molecule has 1 amide bonds. The maximum absolute atomic E-state index is 12.9. The maximum atomic E-state index is 12.9. The average Bonchev–Trinajstić information content (AvgIpc) is 3.09. The van der Waals surface area contributed by atoms with Gasteiger partial charge in [-0.3, -0.25) is 4.79 Å². The van der Waals surface area contributed by atoms with Crippen LogP contribution in [0.4, 0.5) is 0 Å². The second-order valence-corrected chi connectivity index (χ2v) is 8.92.